The third kappa shape index (κ3) is 4.31. The third-order valence-electron chi connectivity index (χ3n) is 4.62. The van der Waals surface area contributed by atoms with Crippen molar-refractivity contribution in [1.82, 2.24) is 0 Å². The molecule has 3 rings (SSSR count). The molecule has 1 aliphatic rings. The maximum atomic E-state index is 12.6. The van der Waals surface area contributed by atoms with Gasteiger partial charge in [-0.05, 0) is 61.9 Å². The molecule has 0 aliphatic carbocycles. The van der Waals surface area contributed by atoms with E-state index in [2.05, 4.69) is 5.32 Å². The maximum Gasteiger partial charge on any atom is 0.255 e. The molecule has 7 nitrogen and oxygen atoms in total. The molecule has 1 atom stereocenters. The number of benzene rings is 2. The maximum absolute atomic E-state index is 12.6. The van der Waals surface area contributed by atoms with Crippen molar-refractivity contribution in [2.45, 2.75) is 23.5 Å². The first kappa shape index (κ1) is 20.2. The van der Waals surface area contributed by atoms with Crippen molar-refractivity contribution in [2.24, 2.45) is 0 Å². The van der Waals surface area contributed by atoms with Crippen LogP contribution in [-0.2, 0) is 19.7 Å². The molecule has 2 aromatic carbocycles. The molecule has 9 heteroatoms. The highest BCUT2D eigenvalue weighted by atomic mass is 32.2. The van der Waals surface area contributed by atoms with Gasteiger partial charge in [-0.25, -0.2) is 16.8 Å². The molecule has 0 saturated carbocycles. The van der Waals surface area contributed by atoms with Crippen LogP contribution in [0, 0.1) is 0 Å². The lowest BCUT2D eigenvalue weighted by molar-refractivity contribution is 0.101. The summed E-state index contributed by atoms with van der Waals surface area (Å²) in [6.45, 7) is 1.45. The summed E-state index contributed by atoms with van der Waals surface area (Å²) in [6, 6.07) is 11.8. The Bertz CT molecular complexity index is 1120. The number of carbonyl (C=O) groups is 2. The third-order valence-corrected chi connectivity index (χ3v) is 8.81. The Morgan fingerprint density at radius 3 is 2.04 bits per heavy atom. The number of nitrogens with one attached hydrogen (secondary N) is 1. The first-order chi connectivity index (χ1) is 13.1. The van der Waals surface area contributed by atoms with Gasteiger partial charge in [-0.3, -0.25) is 9.59 Å². The molecular formula is C19H19NO6S2. The van der Waals surface area contributed by atoms with Crippen molar-refractivity contribution in [2.75, 3.05) is 16.8 Å². The summed E-state index contributed by atoms with van der Waals surface area (Å²) in [4.78, 5) is 23.6. The van der Waals surface area contributed by atoms with Gasteiger partial charge in [0.25, 0.3) is 5.91 Å². The number of sulfone groups is 2. The van der Waals surface area contributed by atoms with Gasteiger partial charge in [0.1, 0.15) is 0 Å². The van der Waals surface area contributed by atoms with Crippen LogP contribution in [0.2, 0.25) is 0 Å². The van der Waals surface area contributed by atoms with Gasteiger partial charge >= 0.3 is 0 Å². The van der Waals surface area contributed by atoms with E-state index in [4.69, 9.17) is 0 Å². The predicted octanol–water partition coefficient (Wildman–Crippen LogP) is 2.10. The van der Waals surface area contributed by atoms with Crippen LogP contribution in [0.15, 0.2) is 53.4 Å². The fourth-order valence-electron chi connectivity index (χ4n) is 2.99. The number of Topliss-reactive ketones (excluding diaryl/α,β-unsaturated/α-hetero) is 1. The van der Waals surface area contributed by atoms with E-state index in [1.807, 2.05) is 0 Å². The van der Waals surface area contributed by atoms with E-state index in [9.17, 15) is 26.4 Å². The standard InChI is InChI=1S/C19H19NO6S2/c1-13(21)14-2-6-16(7-3-14)20-19(22)15-4-8-17(9-5-15)28(25,26)18-10-11-27(23,24)12-18/h2-9,18H,10-12H2,1H3,(H,20,22)/t18-/m1/s1. The van der Waals surface area contributed by atoms with Gasteiger partial charge in [-0.1, -0.05) is 0 Å². The van der Waals surface area contributed by atoms with Crippen LogP contribution in [0.25, 0.3) is 0 Å². The van der Waals surface area contributed by atoms with Crippen LogP contribution in [-0.4, -0.2) is 45.3 Å². The van der Waals surface area contributed by atoms with Crippen LogP contribution < -0.4 is 5.32 Å². The Labute approximate surface area is 163 Å². The molecule has 1 aliphatic heterocycles. The lowest BCUT2D eigenvalue weighted by Crippen LogP contribution is -2.22. The molecule has 0 aromatic heterocycles. The Morgan fingerprint density at radius 2 is 1.54 bits per heavy atom. The number of hydrogen-bond donors (Lipinski definition) is 1. The van der Waals surface area contributed by atoms with Gasteiger partial charge in [0.2, 0.25) is 0 Å². The summed E-state index contributed by atoms with van der Waals surface area (Å²) < 4.78 is 48.3. The van der Waals surface area contributed by atoms with Gasteiger partial charge in [0.05, 0.1) is 21.7 Å². The zero-order valence-electron chi connectivity index (χ0n) is 15.1. The average molecular weight is 421 g/mol. The average Bonchev–Trinajstić information content (AvgIpc) is 3.03. The molecule has 1 N–H and O–H groups in total. The zero-order chi connectivity index (χ0) is 20.5. The number of hydrogen-bond acceptors (Lipinski definition) is 6. The molecule has 148 valence electrons. The quantitative estimate of drug-likeness (QED) is 0.740. The molecule has 0 spiro atoms. The molecule has 2 aromatic rings. The Kier molecular flexibility index (Phi) is 5.40. The molecule has 1 amide bonds. The predicted molar refractivity (Wildman–Crippen MR) is 105 cm³/mol. The Morgan fingerprint density at radius 1 is 0.964 bits per heavy atom. The minimum absolute atomic E-state index is 0.00281. The molecule has 0 radical (unpaired) electrons. The molecule has 1 heterocycles. The van der Waals surface area contributed by atoms with Crippen molar-refractivity contribution in [1.29, 1.82) is 0 Å². The van der Waals surface area contributed by atoms with Crippen molar-refractivity contribution in [3.05, 3.63) is 59.7 Å². The summed E-state index contributed by atoms with van der Waals surface area (Å²) >= 11 is 0. The monoisotopic (exact) mass is 421 g/mol. The summed E-state index contributed by atoms with van der Waals surface area (Å²) in [5, 5.41) is 1.72. The minimum atomic E-state index is -3.77. The second kappa shape index (κ2) is 7.48. The molecule has 0 bridgehead atoms. The van der Waals surface area contributed by atoms with Crippen molar-refractivity contribution < 1.29 is 26.4 Å². The smallest absolute Gasteiger partial charge is 0.255 e. The van der Waals surface area contributed by atoms with Crippen LogP contribution >= 0.6 is 0 Å². The van der Waals surface area contributed by atoms with Crippen LogP contribution in [0.3, 0.4) is 0 Å². The number of anilines is 1. The number of ketones is 1. The lowest BCUT2D eigenvalue weighted by atomic mass is 10.1. The lowest BCUT2D eigenvalue weighted by Gasteiger charge is -2.11. The van der Waals surface area contributed by atoms with Crippen LogP contribution in [0.4, 0.5) is 5.69 Å². The van der Waals surface area contributed by atoms with Gasteiger partial charge in [-0.15, -0.1) is 0 Å². The van der Waals surface area contributed by atoms with E-state index in [0.717, 1.165) is 0 Å². The Hall–Kier alpha value is -2.52. The van der Waals surface area contributed by atoms with E-state index in [-0.39, 0.29) is 34.2 Å². The highest BCUT2D eigenvalue weighted by molar-refractivity contribution is 7.96. The van der Waals surface area contributed by atoms with Crippen LogP contribution in [0.5, 0.6) is 0 Å². The number of carbonyl (C=O) groups excluding carboxylic acids is 2. The van der Waals surface area contributed by atoms with E-state index >= 15 is 0 Å². The highest BCUT2D eigenvalue weighted by Crippen LogP contribution is 2.25. The van der Waals surface area contributed by atoms with Gasteiger partial charge in [-0.2, -0.15) is 0 Å². The second-order valence-electron chi connectivity index (χ2n) is 6.68. The summed E-state index contributed by atoms with van der Waals surface area (Å²) in [5.74, 6) is -0.999. The number of amides is 1. The van der Waals surface area contributed by atoms with Crippen molar-refractivity contribution in [3.63, 3.8) is 0 Å². The van der Waals surface area contributed by atoms with Gasteiger partial charge in [0, 0.05) is 16.8 Å². The highest BCUT2D eigenvalue weighted by Gasteiger charge is 2.37. The van der Waals surface area contributed by atoms with Crippen molar-refractivity contribution in [3.8, 4) is 0 Å². The number of rotatable bonds is 5. The van der Waals surface area contributed by atoms with Gasteiger partial charge < -0.3 is 5.32 Å². The fourth-order valence-corrected chi connectivity index (χ4v) is 7.35. The second-order valence-corrected chi connectivity index (χ2v) is 11.1. The fraction of sp³-hybridized carbons (Fsp3) is 0.263. The molecule has 1 saturated heterocycles. The molecule has 1 fully saturated rings. The molecule has 0 unspecified atom stereocenters. The molecular weight excluding hydrogens is 402 g/mol. The normalized spacial score (nSPS) is 18.5. The first-order valence-electron chi connectivity index (χ1n) is 8.55. The largest absolute Gasteiger partial charge is 0.322 e. The minimum Gasteiger partial charge on any atom is -0.322 e. The van der Waals surface area contributed by atoms with E-state index in [1.165, 1.54) is 31.2 Å². The zero-order valence-corrected chi connectivity index (χ0v) is 16.7. The Balaban J connectivity index is 1.73. The van der Waals surface area contributed by atoms with Crippen molar-refractivity contribution >= 4 is 37.1 Å². The molecule has 28 heavy (non-hydrogen) atoms. The topological polar surface area (TPSA) is 114 Å². The van der Waals surface area contributed by atoms with Crippen LogP contribution in [0.1, 0.15) is 34.1 Å². The first-order valence-corrected chi connectivity index (χ1v) is 11.9. The van der Waals surface area contributed by atoms with E-state index in [0.29, 0.717) is 11.3 Å². The summed E-state index contributed by atoms with van der Waals surface area (Å²) in [6.07, 6.45) is 0.0865. The summed E-state index contributed by atoms with van der Waals surface area (Å²) in [7, 11) is -7.08. The van der Waals surface area contributed by atoms with E-state index < -0.39 is 30.8 Å². The SMILES string of the molecule is CC(=O)c1ccc(NC(=O)c2ccc(S(=O)(=O)[C@@H]3CCS(=O)(=O)C3)cc2)cc1. The van der Waals surface area contributed by atoms with Gasteiger partial charge in [0.15, 0.2) is 25.5 Å². The summed E-state index contributed by atoms with van der Waals surface area (Å²) in [5.41, 5.74) is 1.29. The van der Waals surface area contributed by atoms with E-state index in [1.54, 1.807) is 24.3 Å².